The molecule has 86 valence electrons. The normalized spacial score (nSPS) is 11.5. The van der Waals surface area contributed by atoms with Crippen molar-refractivity contribution < 1.29 is 19.4 Å². The molecule has 0 aliphatic heterocycles. The van der Waals surface area contributed by atoms with Crippen LogP contribution in [-0.4, -0.2) is 11.1 Å². The van der Waals surface area contributed by atoms with Gasteiger partial charge in [0.1, 0.15) is 0 Å². The van der Waals surface area contributed by atoms with Gasteiger partial charge in [0.25, 0.3) is 0 Å². The van der Waals surface area contributed by atoms with Crippen molar-refractivity contribution >= 4 is 4.02 Å². The minimum atomic E-state index is 0.843. The molecule has 0 bridgehead atoms. The van der Waals surface area contributed by atoms with Crippen molar-refractivity contribution in [3.63, 3.8) is 0 Å². The second-order valence-electron chi connectivity index (χ2n) is 3.24. The van der Waals surface area contributed by atoms with Crippen LogP contribution >= 0.6 is 0 Å². The Bertz CT molecular complexity index is 123. The van der Waals surface area contributed by atoms with Gasteiger partial charge < -0.3 is 0 Å². The van der Waals surface area contributed by atoms with E-state index in [4.69, 9.17) is 0 Å². The van der Waals surface area contributed by atoms with Crippen LogP contribution in [0.4, 0.5) is 0 Å². The van der Waals surface area contributed by atoms with Crippen LogP contribution in [0.25, 0.3) is 0 Å². The summed E-state index contributed by atoms with van der Waals surface area (Å²) < 4.78 is 1.55. The molecule has 0 saturated heterocycles. The van der Waals surface area contributed by atoms with Gasteiger partial charge in [0, 0.05) is 0 Å². The van der Waals surface area contributed by atoms with Crippen molar-refractivity contribution in [3.05, 3.63) is 0 Å². The van der Waals surface area contributed by atoms with Crippen molar-refractivity contribution in [3.8, 4) is 0 Å². The van der Waals surface area contributed by atoms with E-state index in [0.717, 1.165) is 5.92 Å². The Hall–Kier alpha value is 0.518. The SMILES string of the molecule is CC.CCCCC(CCC)[C](=[W])NC. The Morgan fingerprint density at radius 2 is 1.71 bits per heavy atom. The fourth-order valence-electron chi connectivity index (χ4n) is 1.41. The minimum absolute atomic E-state index is 0.843. The number of hydrogen-bond donors (Lipinski definition) is 1. The molecule has 1 N–H and O–H groups in total. The van der Waals surface area contributed by atoms with Crippen LogP contribution in [0, 0.1) is 5.92 Å². The zero-order valence-corrected chi connectivity index (χ0v) is 13.5. The van der Waals surface area contributed by atoms with Gasteiger partial charge in [-0.05, 0) is 0 Å². The van der Waals surface area contributed by atoms with Crippen molar-refractivity contribution in [1.82, 2.24) is 5.32 Å². The standard InChI is InChI=1S/C10H21N.C2H6.W/c1-4-6-8-10(7-5-2)9-11-3;1-2;/h10-11H,4-8H2,1-3H3;1-2H3;. The third kappa shape index (κ3) is 9.09. The average Bonchev–Trinajstić information content (AvgIpc) is 2.26. The third-order valence-electron chi connectivity index (χ3n) is 2.16. The van der Waals surface area contributed by atoms with Crippen molar-refractivity contribution in [2.75, 3.05) is 7.05 Å². The average molecular weight is 369 g/mol. The molecule has 0 saturated carbocycles. The summed E-state index contributed by atoms with van der Waals surface area (Å²) in [5, 5.41) is 3.31. The zero-order chi connectivity index (χ0) is 11.4. The molecular formula is C12H27NW. The number of unbranched alkanes of at least 4 members (excludes halogenated alkanes) is 1. The van der Waals surface area contributed by atoms with Crippen molar-refractivity contribution in [1.29, 1.82) is 0 Å². The first-order chi connectivity index (χ1) is 6.76. The zero-order valence-electron chi connectivity index (χ0n) is 10.5. The molecule has 1 nitrogen and oxygen atoms in total. The number of hydrogen-bond acceptors (Lipinski definition) is 1. The molecule has 1 atom stereocenters. The quantitative estimate of drug-likeness (QED) is 0.724. The summed E-state index contributed by atoms with van der Waals surface area (Å²) in [5.41, 5.74) is 0. The summed E-state index contributed by atoms with van der Waals surface area (Å²) in [7, 11) is 2.05. The number of rotatable bonds is 7. The fourth-order valence-corrected chi connectivity index (χ4v) is 2.26. The van der Waals surface area contributed by atoms with Gasteiger partial charge in [0.15, 0.2) is 0 Å². The van der Waals surface area contributed by atoms with Gasteiger partial charge in [0.05, 0.1) is 0 Å². The van der Waals surface area contributed by atoms with Gasteiger partial charge in [0.2, 0.25) is 0 Å². The van der Waals surface area contributed by atoms with Crippen LogP contribution in [0.2, 0.25) is 0 Å². The van der Waals surface area contributed by atoms with Crippen LogP contribution in [0.3, 0.4) is 0 Å². The van der Waals surface area contributed by atoms with E-state index >= 15 is 0 Å². The van der Waals surface area contributed by atoms with E-state index in [2.05, 4.69) is 26.2 Å². The van der Waals surface area contributed by atoms with Crippen LogP contribution in [0.5, 0.6) is 0 Å². The molecule has 0 aliphatic carbocycles. The topological polar surface area (TPSA) is 12.0 Å². The second-order valence-corrected chi connectivity index (χ2v) is 4.82. The van der Waals surface area contributed by atoms with E-state index in [-0.39, 0.29) is 0 Å². The molecule has 0 radical (unpaired) electrons. The van der Waals surface area contributed by atoms with Crippen molar-refractivity contribution in [2.45, 2.75) is 59.8 Å². The first-order valence-electron chi connectivity index (χ1n) is 5.97. The molecular weight excluding hydrogens is 342 g/mol. The first-order valence-corrected chi connectivity index (χ1v) is 7.44. The maximum atomic E-state index is 3.31. The predicted molar refractivity (Wildman–Crippen MR) is 63.3 cm³/mol. The Labute approximate surface area is 101 Å². The van der Waals surface area contributed by atoms with Gasteiger partial charge in [-0.25, -0.2) is 0 Å². The molecule has 1 unspecified atom stereocenters. The van der Waals surface area contributed by atoms with Crippen LogP contribution < -0.4 is 5.32 Å². The van der Waals surface area contributed by atoms with E-state index < -0.39 is 0 Å². The monoisotopic (exact) mass is 369 g/mol. The Balaban J connectivity index is 0. The first kappa shape index (κ1) is 16.9. The summed E-state index contributed by atoms with van der Waals surface area (Å²) >= 11 is 1.61. The summed E-state index contributed by atoms with van der Waals surface area (Å²) in [5.74, 6) is 0.843. The summed E-state index contributed by atoms with van der Waals surface area (Å²) in [4.78, 5) is 0. The summed E-state index contributed by atoms with van der Waals surface area (Å²) in [6, 6.07) is 0. The van der Waals surface area contributed by atoms with E-state index in [1.54, 1.807) is 23.4 Å². The van der Waals surface area contributed by atoms with Gasteiger partial charge in [-0.15, -0.1) is 0 Å². The van der Waals surface area contributed by atoms with Gasteiger partial charge in [-0.2, -0.15) is 0 Å². The molecule has 0 heterocycles. The number of nitrogens with one attached hydrogen (secondary N) is 1. The molecule has 0 aromatic heterocycles. The molecule has 0 amide bonds. The third-order valence-corrected chi connectivity index (χ3v) is 4.09. The molecule has 2 heteroatoms. The van der Waals surface area contributed by atoms with Gasteiger partial charge >= 0.3 is 87.6 Å². The van der Waals surface area contributed by atoms with Crippen LogP contribution in [0.1, 0.15) is 59.8 Å². The molecule has 0 spiro atoms. The Morgan fingerprint density at radius 1 is 1.14 bits per heavy atom. The second kappa shape index (κ2) is 13.5. The Morgan fingerprint density at radius 3 is 2.07 bits per heavy atom. The molecule has 14 heavy (non-hydrogen) atoms. The summed E-state index contributed by atoms with van der Waals surface area (Å²) in [6.07, 6.45) is 6.76. The maximum absolute atomic E-state index is 3.31. The van der Waals surface area contributed by atoms with Gasteiger partial charge in [-0.3, -0.25) is 0 Å². The van der Waals surface area contributed by atoms with Crippen LogP contribution in [-0.2, 0) is 19.4 Å². The van der Waals surface area contributed by atoms with Gasteiger partial charge in [-0.1, -0.05) is 13.8 Å². The van der Waals surface area contributed by atoms with Crippen molar-refractivity contribution in [2.24, 2.45) is 5.92 Å². The molecule has 0 rings (SSSR count). The predicted octanol–water partition coefficient (Wildman–Crippen LogP) is 3.52. The van der Waals surface area contributed by atoms with E-state index in [9.17, 15) is 0 Å². The van der Waals surface area contributed by atoms with E-state index in [0.29, 0.717) is 0 Å². The molecule has 0 aromatic carbocycles. The van der Waals surface area contributed by atoms with E-state index in [1.165, 1.54) is 32.1 Å². The molecule has 0 aliphatic rings. The Kier molecular flexibility index (Phi) is 16.3. The fraction of sp³-hybridized carbons (Fsp3) is 0.917. The van der Waals surface area contributed by atoms with E-state index in [1.807, 2.05) is 13.8 Å². The van der Waals surface area contributed by atoms with Crippen LogP contribution in [0.15, 0.2) is 0 Å². The summed E-state index contributed by atoms with van der Waals surface area (Å²) in [6.45, 7) is 8.54. The molecule has 0 aromatic rings. The molecule has 0 fully saturated rings.